The van der Waals surface area contributed by atoms with E-state index in [0.717, 1.165) is 18.5 Å². The standard InChI is InChI=1S/C18H18N2O3/c1-12-3-10-17(16(11-12)13-4-5-13)19(2)18(21)14-6-8-15(9-7-14)20(22)23/h3,6-11,13H,4-5H2,1-2H3. The van der Waals surface area contributed by atoms with Crippen LogP contribution in [-0.2, 0) is 0 Å². The molecule has 118 valence electrons. The Morgan fingerprint density at radius 1 is 1.17 bits per heavy atom. The number of nitro benzene ring substituents is 1. The number of aryl methyl sites for hydroxylation is 1. The normalized spacial score (nSPS) is 13.7. The molecule has 0 radical (unpaired) electrons. The minimum absolute atomic E-state index is 0.0155. The van der Waals surface area contributed by atoms with Gasteiger partial charge in [0.2, 0.25) is 0 Å². The zero-order valence-corrected chi connectivity index (χ0v) is 13.2. The molecule has 1 aliphatic carbocycles. The second-order valence-corrected chi connectivity index (χ2v) is 6.00. The van der Waals surface area contributed by atoms with Crippen molar-refractivity contribution in [3.63, 3.8) is 0 Å². The maximum Gasteiger partial charge on any atom is 0.269 e. The van der Waals surface area contributed by atoms with Crippen LogP contribution < -0.4 is 4.90 Å². The lowest BCUT2D eigenvalue weighted by atomic mass is 10.0. The molecule has 1 amide bonds. The van der Waals surface area contributed by atoms with Gasteiger partial charge in [-0.15, -0.1) is 0 Å². The van der Waals surface area contributed by atoms with Crippen LogP contribution in [0.25, 0.3) is 0 Å². The van der Waals surface area contributed by atoms with E-state index < -0.39 is 4.92 Å². The van der Waals surface area contributed by atoms with Gasteiger partial charge in [0.1, 0.15) is 0 Å². The summed E-state index contributed by atoms with van der Waals surface area (Å²) >= 11 is 0. The van der Waals surface area contributed by atoms with Gasteiger partial charge in [-0.2, -0.15) is 0 Å². The van der Waals surface area contributed by atoms with E-state index in [-0.39, 0.29) is 11.6 Å². The molecule has 5 heteroatoms. The molecule has 0 N–H and O–H groups in total. The summed E-state index contributed by atoms with van der Waals surface area (Å²) in [5.74, 6) is 0.377. The third-order valence-corrected chi connectivity index (χ3v) is 4.19. The number of rotatable bonds is 4. The molecule has 0 atom stereocenters. The van der Waals surface area contributed by atoms with Gasteiger partial charge in [0, 0.05) is 30.4 Å². The van der Waals surface area contributed by atoms with Gasteiger partial charge < -0.3 is 4.90 Å². The Kier molecular flexibility index (Phi) is 3.86. The van der Waals surface area contributed by atoms with Crippen LogP contribution in [0.4, 0.5) is 11.4 Å². The molecule has 23 heavy (non-hydrogen) atoms. The van der Waals surface area contributed by atoms with Gasteiger partial charge >= 0.3 is 0 Å². The Balaban J connectivity index is 1.89. The van der Waals surface area contributed by atoms with Crippen LogP contribution in [0.5, 0.6) is 0 Å². The van der Waals surface area contributed by atoms with Gasteiger partial charge in [-0.05, 0) is 49.4 Å². The van der Waals surface area contributed by atoms with Crippen LogP contribution in [0.2, 0.25) is 0 Å². The van der Waals surface area contributed by atoms with E-state index in [0.29, 0.717) is 11.5 Å². The van der Waals surface area contributed by atoms with Gasteiger partial charge in [0.25, 0.3) is 11.6 Å². The number of hydrogen-bond acceptors (Lipinski definition) is 3. The van der Waals surface area contributed by atoms with E-state index in [1.807, 2.05) is 19.1 Å². The van der Waals surface area contributed by atoms with E-state index >= 15 is 0 Å². The molecule has 1 fully saturated rings. The third-order valence-electron chi connectivity index (χ3n) is 4.19. The van der Waals surface area contributed by atoms with E-state index in [4.69, 9.17) is 0 Å². The lowest BCUT2D eigenvalue weighted by Crippen LogP contribution is -2.27. The molecule has 0 aromatic heterocycles. The first-order chi connectivity index (χ1) is 11.0. The highest BCUT2D eigenvalue weighted by Gasteiger charge is 2.28. The molecule has 0 spiro atoms. The van der Waals surface area contributed by atoms with E-state index in [1.165, 1.54) is 35.4 Å². The van der Waals surface area contributed by atoms with E-state index in [9.17, 15) is 14.9 Å². The molecule has 2 aromatic carbocycles. The van der Waals surface area contributed by atoms with Crippen molar-refractivity contribution in [3.8, 4) is 0 Å². The molecular formula is C18H18N2O3. The van der Waals surface area contributed by atoms with Crippen molar-refractivity contribution in [3.05, 3.63) is 69.3 Å². The second-order valence-electron chi connectivity index (χ2n) is 6.00. The minimum atomic E-state index is -0.469. The summed E-state index contributed by atoms with van der Waals surface area (Å²) in [4.78, 5) is 24.5. The fourth-order valence-corrected chi connectivity index (χ4v) is 2.73. The number of nitrogens with zero attached hydrogens (tertiary/aromatic N) is 2. The number of nitro groups is 1. The quantitative estimate of drug-likeness (QED) is 0.632. The molecule has 2 aromatic rings. The average molecular weight is 310 g/mol. The predicted octanol–water partition coefficient (Wildman–Crippen LogP) is 4.06. The first-order valence-corrected chi connectivity index (χ1v) is 7.60. The van der Waals surface area contributed by atoms with Gasteiger partial charge in [0.15, 0.2) is 0 Å². The van der Waals surface area contributed by atoms with Crippen molar-refractivity contribution in [2.45, 2.75) is 25.7 Å². The number of carbonyl (C=O) groups excluding carboxylic acids is 1. The van der Waals surface area contributed by atoms with Crippen molar-refractivity contribution in [2.75, 3.05) is 11.9 Å². The fraction of sp³-hybridized carbons (Fsp3) is 0.278. The molecule has 1 aliphatic rings. The van der Waals surface area contributed by atoms with Crippen LogP contribution in [0.3, 0.4) is 0 Å². The maximum atomic E-state index is 12.7. The molecule has 0 saturated heterocycles. The largest absolute Gasteiger partial charge is 0.311 e. The summed E-state index contributed by atoms with van der Waals surface area (Å²) in [5.41, 5.74) is 3.75. The maximum absolute atomic E-state index is 12.7. The second kappa shape index (κ2) is 5.83. The van der Waals surface area contributed by atoms with Crippen LogP contribution in [0.15, 0.2) is 42.5 Å². The van der Waals surface area contributed by atoms with Crippen molar-refractivity contribution in [1.29, 1.82) is 0 Å². The summed E-state index contributed by atoms with van der Waals surface area (Å²) in [6, 6.07) is 11.8. The molecule has 0 bridgehead atoms. The number of anilines is 1. The van der Waals surface area contributed by atoms with Gasteiger partial charge in [-0.3, -0.25) is 14.9 Å². The first-order valence-electron chi connectivity index (χ1n) is 7.60. The van der Waals surface area contributed by atoms with Crippen molar-refractivity contribution in [2.24, 2.45) is 0 Å². The summed E-state index contributed by atoms with van der Waals surface area (Å²) in [5, 5.41) is 10.7. The zero-order valence-electron chi connectivity index (χ0n) is 13.2. The number of hydrogen-bond donors (Lipinski definition) is 0. The summed E-state index contributed by atoms with van der Waals surface area (Å²) in [6.07, 6.45) is 2.33. The fourth-order valence-electron chi connectivity index (χ4n) is 2.73. The first kappa shape index (κ1) is 15.2. The third kappa shape index (κ3) is 3.08. The average Bonchev–Trinajstić information content (AvgIpc) is 3.38. The molecular weight excluding hydrogens is 292 g/mol. The van der Waals surface area contributed by atoms with Crippen molar-refractivity contribution in [1.82, 2.24) is 0 Å². The minimum Gasteiger partial charge on any atom is -0.311 e. The van der Waals surface area contributed by atoms with Crippen LogP contribution in [0.1, 0.15) is 40.2 Å². The lowest BCUT2D eigenvalue weighted by molar-refractivity contribution is -0.384. The van der Waals surface area contributed by atoms with Gasteiger partial charge in [0.05, 0.1) is 4.92 Å². The summed E-state index contributed by atoms with van der Waals surface area (Å²) in [7, 11) is 1.75. The monoisotopic (exact) mass is 310 g/mol. The Morgan fingerprint density at radius 3 is 2.39 bits per heavy atom. The Morgan fingerprint density at radius 2 is 1.83 bits per heavy atom. The van der Waals surface area contributed by atoms with Crippen molar-refractivity contribution < 1.29 is 9.72 Å². The Bertz CT molecular complexity index is 764. The van der Waals surface area contributed by atoms with Crippen molar-refractivity contribution >= 4 is 17.3 Å². The highest BCUT2D eigenvalue weighted by Crippen LogP contribution is 2.44. The molecule has 3 rings (SSSR count). The van der Waals surface area contributed by atoms with Crippen LogP contribution in [0, 0.1) is 17.0 Å². The highest BCUT2D eigenvalue weighted by molar-refractivity contribution is 6.06. The predicted molar refractivity (Wildman–Crippen MR) is 89.0 cm³/mol. The number of carbonyl (C=O) groups is 1. The van der Waals surface area contributed by atoms with E-state index in [2.05, 4.69) is 6.07 Å². The highest BCUT2D eigenvalue weighted by atomic mass is 16.6. The van der Waals surface area contributed by atoms with E-state index in [1.54, 1.807) is 11.9 Å². The number of non-ortho nitro benzene ring substituents is 1. The topological polar surface area (TPSA) is 63.5 Å². The summed E-state index contributed by atoms with van der Waals surface area (Å²) in [6.45, 7) is 2.05. The summed E-state index contributed by atoms with van der Waals surface area (Å²) < 4.78 is 0. The Labute approximate surface area is 134 Å². The molecule has 5 nitrogen and oxygen atoms in total. The van der Waals surface area contributed by atoms with Gasteiger partial charge in [-0.25, -0.2) is 0 Å². The number of benzene rings is 2. The van der Waals surface area contributed by atoms with Crippen LogP contribution in [-0.4, -0.2) is 17.9 Å². The Hall–Kier alpha value is -2.69. The molecule has 1 saturated carbocycles. The lowest BCUT2D eigenvalue weighted by Gasteiger charge is -2.21. The zero-order chi connectivity index (χ0) is 16.6. The molecule has 0 aliphatic heterocycles. The smallest absolute Gasteiger partial charge is 0.269 e. The van der Waals surface area contributed by atoms with Gasteiger partial charge in [-0.1, -0.05) is 17.7 Å². The molecule has 0 unspecified atom stereocenters. The molecule has 0 heterocycles. The number of amides is 1. The SMILES string of the molecule is Cc1ccc(N(C)C(=O)c2ccc([N+](=O)[O-])cc2)c(C2CC2)c1. The van der Waals surface area contributed by atoms with Crippen LogP contribution >= 0.6 is 0 Å².